The molecule has 1 aromatic carbocycles. The summed E-state index contributed by atoms with van der Waals surface area (Å²) in [6.45, 7) is 2.00. The molecule has 1 aromatic rings. The number of hydrazine groups is 1. The molecule has 2 N–H and O–H groups in total. The molecule has 0 aliphatic heterocycles. The summed E-state index contributed by atoms with van der Waals surface area (Å²) in [7, 11) is 0. The minimum Gasteiger partial charge on any atom is -0.306 e. The highest BCUT2D eigenvalue weighted by Crippen LogP contribution is 2.20. The molecule has 0 saturated heterocycles. The van der Waals surface area contributed by atoms with Crippen LogP contribution in [0.4, 0.5) is 0 Å². The number of rotatable bonds is 4. The second kappa shape index (κ2) is 6.40. The predicted octanol–water partition coefficient (Wildman–Crippen LogP) is 3.15. The van der Waals surface area contributed by atoms with Gasteiger partial charge in [0.1, 0.15) is 0 Å². The van der Waals surface area contributed by atoms with Crippen LogP contribution in [0.3, 0.4) is 0 Å². The smallest absolute Gasteiger partial charge is 0.271 e. The summed E-state index contributed by atoms with van der Waals surface area (Å²) in [6.07, 6.45) is 4.43. The van der Waals surface area contributed by atoms with Crippen LogP contribution in [0.25, 0.3) is 0 Å². The van der Waals surface area contributed by atoms with Crippen LogP contribution < -0.4 is 10.9 Å². The quantitative estimate of drug-likeness (QED) is 0.815. The lowest BCUT2D eigenvalue weighted by molar-refractivity contribution is 0.0941. The number of benzene rings is 1. The largest absolute Gasteiger partial charge is 0.306 e. The zero-order valence-corrected chi connectivity index (χ0v) is 10.3. The molecule has 0 spiro atoms. The first kappa shape index (κ1) is 12.9. The van der Waals surface area contributed by atoms with Crippen LogP contribution >= 0.6 is 23.2 Å². The molecule has 0 aliphatic carbocycles. The molecule has 0 aromatic heterocycles. The highest BCUT2D eigenvalue weighted by atomic mass is 35.5. The molecule has 1 rings (SSSR count). The molecule has 16 heavy (non-hydrogen) atoms. The molecular formula is C11H12Cl2N2O. The van der Waals surface area contributed by atoms with Gasteiger partial charge in [0.25, 0.3) is 5.91 Å². The average Bonchev–Trinajstić information content (AvgIpc) is 2.24. The molecular weight excluding hydrogens is 247 g/mol. The van der Waals surface area contributed by atoms with Crippen molar-refractivity contribution in [2.45, 2.75) is 13.3 Å². The van der Waals surface area contributed by atoms with E-state index < -0.39 is 0 Å². The summed E-state index contributed by atoms with van der Waals surface area (Å²) in [5.41, 5.74) is 5.52. The van der Waals surface area contributed by atoms with Gasteiger partial charge >= 0.3 is 0 Å². The second-order valence-corrected chi connectivity index (χ2v) is 3.88. The van der Waals surface area contributed by atoms with Crippen molar-refractivity contribution in [3.05, 3.63) is 46.1 Å². The van der Waals surface area contributed by atoms with Crippen LogP contribution in [0.1, 0.15) is 23.7 Å². The van der Waals surface area contributed by atoms with Gasteiger partial charge in [0.15, 0.2) is 0 Å². The highest BCUT2D eigenvalue weighted by molar-refractivity contribution is 6.36. The van der Waals surface area contributed by atoms with Gasteiger partial charge in [-0.1, -0.05) is 36.2 Å². The normalized spacial score (nSPS) is 10.4. The van der Waals surface area contributed by atoms with Crippen LogP contribution in [-0.2, 0) is 0 Å². The van der Waals surface area contributed by atoms with Crippen molar-refractivity contribution in [3.63, 3.8) is 0 Å². The molecule has 3 nitrogen and oxygen atoms in total. The molecule has 0 atom stereocenters. The van der Waals surface area contributed by atoms with E-state index in [1.807, 2.05) is 13.0 Å². The Morgan fingerprint density at radius 1 is 1.44 bits per heavy atom. The van der Waals surface area contributed by atoms with Crippen LogP contribution in [0.5, 0.6) is 0 Å². The summed E-state index contributed by atoms with van der Waals surface area (Å²) in [5.74, 6) is -0.303. The Bertz CT molecular complexity index is 405. The lowest BCUT2D eigenvalue weighted by Crippen LogP contribution is -2.33. The standard InChI is InChI=1S/C11H12Cl2N2O/c1-2-3-6-14-15-11(16)9-5-4-8(12)7-10(9)13/h3-7,14H,2H2,1H3,(H,15,16). The van der Waals surface area contributed by atoms with Crippen molar-refractivity contribution in [1.82, 2.24) is 10.9 Å². The van der Waals surface area contributed by atoms with Gasteiger partial charge in [-0.05, 0) is 24.6 Å². The molecule has 0 radical (unpaired) electrons. The summed E-state index contributed by atoms with van der Waals surface area (Å²) < 4.78 is 0. The molecule has 0 aliphatic rings. The van der Waals surface area contributed by atoms with Crippen LogP contribution in [-0.4, -0.2) is 5.91 Å². The summed E-state index contributed by atoms with van der Waals surface area (Å²) in [4.78, 5) is 11.6. The number of hydrogen-bond donors (Lipinski definition) is 2. The highest BCUT2D eigenvalue weighted by Gasteiger charge is 2.09. The molecule has 0 unspecified atom stereocenters. The van der Waals surface area contributed by atoms with Gasteiger partial charge in [0, 0.05) is 11.2 Å². The van der Waals surface area contributed by atoms with Gasteiger partial charge in [0.05, 0.1) is 10.6 Å². The zero-order chi connectivity index (χ0) is 12.0. The van der Waals surface area contributed by atoms with E-state index in [9.17, 15) is 4.79 Å². The zero-order valence-electron chi connectivity index (χ0n) is 8.76. The van der Waals surface area contributed by atoms with E-state index in [1.165, 1.54) is 6.07 Å². The maximum absolute atomic E-state index is 11.6. The first-order valence-electron chi connectivity index (χ1n) is 4.81. The molecule has 0 fully saturated rings. The average molecular weight is 259 g/mol. The Hall–Kier alpha value is -1.19. The Morgan fingerprint density at radius 2 is 2.19 bits per heavy atom. The minimum atomic E-state index is -0.303. The number of amides is 1. The number of allylic oxidation sites excluding steroid dienone is 1. The fraction of sp³-hybridized carbons (Fsp3) is 0.182. The summed E-state index contributed by atoms with van der Waals surface area (Å²) >= 11 is 11.6. The predicted molar refractivity (Wildman–Crippen MR) is 66.5 cm³/mol. The van der Waals surface area contributed by atoms with Gasteiger partial charge in [-0.3, -0.25) is 10.2 Å². The van der Waals surface area contributed by atoms with Crippen molar-refractivity contribution < 1.29 is 4.79 Å². The topological polar surface area (TPSA) is 41.1 Å². The maximum Gasteiger partial charge on any atom is 0.271 e. The van der Waals surface area contributed by atoms with Gasteiger partial charge < -0.3 is 5.43 Å². The molecule has 0 heterocycles. The second-order valence-electron chi connectivity index (χ2n) is 3.03. The van der Waals surface area contributed by atoms with E-state index in [0.717, 1.165) is 6.42 Å². The molecule has 1 amide bonds. The number of nitrogens with one attached hydrogen (secondary N) is 2. The lowest BCUT2D eigenvalue weighted by atomic mass is 10.2. The Labute approximate surface area is 104 Å². The first-order chi connectivity index (χ1) is 7.65. The third-order valence-corrected chi connectivity index (χ3v) is 2.35. The Balaban J connectivity index is 2.63. The van der Waals surface area contributed by atoms with Gasteiger partial charge in [-0.15, -0.1) is 0 Å². The number of carbonyl (C=O) groups excluding carboxylic acids is 1. The number of hydrogen-bond acceptors (Lipinski definition) is 2. The molecule has 5 heteroatoms. The van der Waals surface area contributed by atoms with E-state index in [1.54, 1.807) is 18.3 Å². The van der Waals surface area contributed by atoms with Crippen molar-refractivity contribution >= 4 is 29.1 Å². The van der Waals surface area contributed by atoms with E-state index in [2.05, 4.69) is 10.9 Å². The summed E-state index contributed by atoms with van der Waals surface area (Å²) in [6, 6.07) is 4.72. The third-order valence-electron chi connectivity index (χ3n) is 1.80. The van der Waals surface area contributed by atoms with Crippen molar-refractivity contribution in [2.24, 2.45) is 0 Å². The Kier molecular flexibility index (Phi) is 5.15. The lowest BCUT2D eigenvalue weighted by Gasteiger charge is -2.06. The van der Waals surface area contributed by atoms with Crippen molar-refractivity contribution in [1.29, 1.82) is 0 Å². The third kappa shape index (κ3) is 3.76. The van der Waals surface area contributed by atoms with Crippen LogP contribution in [0.15, 0.2) is 30.5 Å². The fourth-order valence-electron chi connectivity index (χ4n) is 1.02. The minimum absolute atomic E-state index is 0.303. The van der Waals surface area contributed by atoms with Gasteiger partial charge in [-0.2, -0.15) is 0 Å². The van der Waals surface area contributed by atoms with E-state index >= 15 is 0 Å². The van der Waals surface area contributed by atoms with Gasteiger partial charge in [-0.25, -0.2) is 0 Å². The summed E-state index contributed by atoms with van der Waals surface area (Å²) in [5, 5.41) is 0.826. The van der Waals surface area contributed by atoms with Crippen LogP contribution in [0.2, 0.25) is 10.0 Å². The number of carbonyl (C=O) groups is 1. The molecule has 86 valence electrons. The van der Waals surface area contributed by atoms with E-state index in [0.29, 0.717) is 15.6 Å². The number of halogens is 2. The molecule has 0 bridgehead atoms. The van der Waals surface area contributed by atoms with Gasteiger partial charge in [0.2, 0.25) is 0 Å². The fourth-order valence-corrected chi connectivity index (χ4v) is 1.52. The van der Waals surface area contributed by atoms with Crippen molar-refractivity contribution in [3.8, 4) is 0 Å². The monoisotopic (exact) mass is 258 g/mol. The van der Waals surface area contributed by atoms with Crippen molar-refractivity contribution in [2.75, 3.05) is 0 Å². The maximum atomic E-state index is 11.6. The van der Waals surface area contributed by atoms with E-state index in [4.69, 9.17) is 23.2 Å². The van der Waals surface area contributed by atoms with E-state index in [-0.39, 0.29) is 5.91 Å². The molecule has 0 saturated carbocycles. The SMILES string of the molecule is CCC=CNNC(=O)c1ccc(Cl)cc1Cl. The first-order valence-corrected chi connectivity index (χ1v) is 5.56. The van der Waals surface area contributed by atoms with Crippen LogP contribution in [0, 0.1) is 0 Å². The Morgan fingerprint density at radius 3 is 2.81 bits per heavy atom.